The summed E-state index contributed by atoms with van der Waals surface area (Å²) in [6.07, 6.45) is 0.603. The predicted molar refractivity (Wildman–Crippen MR) is 104 cm³/mol. The number of aromatic nitrogens is 4. The van der Waals surface area contributed by atoms with Crippen molar-refractivity contribution in [3.05, 3.63) is 46.9 Å². The van der Waals surface area contributed by atoms with Crippen LogP contribution in [0.3, 0.4) is 0 Å². The second-order valence-electron chi connectivity index (χ2n) is 6.47. The Morgan fingerprint density at radius 3 is 2.78 bits per heavy atom. The highest BCUT2D eigenvalue weighted by Crippen LogP contribution is 2.30. The van der Waals surface area contributed by atoms with Gasteiger partial charge in [-0.2, -0.15) is 0 Å². The number of benzene rings is 1. The van der Waals surface area contributed by atoms with Gasteiger partial charge in [0.1, 0.15) is 17.3 Å². The van der Waals surface area contributed by atoms with E-state index in [1.54, 1.807) is 0 Å². The number of thioether (sulfide) groups is 1. The average Bonchev–Trinajstić information content (AvgIpc) is 3.33. The molecule has 0 N–H and O–H groups in total. The molecule has 1 aromatic carbocycles. The Morgan fingerprint density at radius 1 is 1.30 bits per heavy atom. The van der Waals surface area contributed by atoms with Gasteiger partial charge in [-0.05, 0) is 18.6 Å². The number of nitrogens with zero attached hydrogens (tertiary/aromatic N) is 4. The highest BCUT2D eigenvalue weighted by molar-refractivity contribution is 7.98. The standard InChI is InChI=1S/C17H17ClN4O3S2/c1-22-16(12-6-7-27(23,24)10-12)19-20-17(22)26-9-14-8-15(21-25-14)11-2-4-13(18)5-3-11/h2-5,8,12H,6-7,9-10H2,1H3. The van der Waals surface area contributed by atoms with Crippen LogP contribution in [0.1, 0.15) is 23.9 Å². The average molecular weight is 425 g/mol. The maximum absolute atomic E-state index is 11.7. The van der Waals surface area contributed by atoms with Crippen LogP contribution in [0.25, 0.3) is 11.3 Å². The van der Waals surface area contributed by atoms with Gasteiger partial charge in [-0.15, -0.1) is 10.2 Å². The van der Waals surface area contributed by atoms with E-state index < -0.39 is 9.84 Å². The van der Waals surface area contributed by atoms with Crippen LogP contribution >= 0.6 is 23.4 Å². The topological polar surface area (TPSA) is 90.9 Å². The van der Waals surface area contributed by atoms with E-state index in [1.165, 1.54) is 11.8 Å². The molecule has 0 amide bonds. The van der Waals surface area contributed by atoms with Gasteiger partial charge in [-0.25, -0.2) is 8.42 Å². The highest BCUT2D eigenvalue weighted by Gasteiger charge is 2.32. The summed E-state index contributed by atoms with van der Waals surface area (Å²) >= 11 is 7.38. The van der Waals surface area contributed by atoms with Gasteiger partial charge in [-0.1, -0.05) is 40.7 Å². The minimum Gasteiger partial charge on any atom is -0.360 e. The van der Waals surface area contributed by atoms with E-state index in [0.29, 0.717) is 17.2 Å². The van der Waals surface area contributed by atoms with E-state index in [-0.39, 0.29) is 17.4 Å². The summed E-state index contributed by atoms with van der Waals surface area (Å²) < 4.78 is 30.7. The molecule has 0 spiro atoms. The Bertz CT molecular complexity index is 1060. The molecule has 10 heteroatoms. The fourth-order valence-corrected chi connectivity index (χ4v) is 5.74. The molecule has 142 valence electrons. The Balaban J connectivity index is 1.43. The zero-order chi connectivity index (χ0) is 19.0. The summed E-state index contributed by atoms with van der Waals surface area (Å²) in [7, 11) is -1.09. The van der Waals surface area contributed by atoms with E-state index in [0.717, 1.165) is 28.0 Å². The maximum Gasteiger partial charge on any atom is 0.191 e. The quantitative estimate of drug-likeness (QED) is 0.580. The molecular formula is C17H17ClN4O3S2. The van der Waals surface area contributed by atoms with Crippen LogP contribution < -0.4 is 0 Å². The molecule has 4 rings (SSSR count). The van der Waals surface area contributed by atoms with Crippen LogP contribution in [0.15, 0.2) is 40.0 Å². The second-order valence-corrected chi connectivity index (χ2v) is 10.1. The fraction of sp³-hybridized carbons (Fsp3) is 0.353. The first kappa shape index (κ1) is 18.5. The summed E-state index contributed by atoms with van der Waals surface area (Å²) in [6, 6.07) is 9.29. The van der Waals surface area contributed by atoms with Crippen LogP contribution in [-0.4, -0.2) is 39.8 Å². The van der Waals surface area contributed by atoms with E-state index in [4.69, 9.17) is 16.1 Å². The SMILES string of the molecule is Cn1c(SCc2cc(-c3ccc(Cl)cc3)no2)nnc1C1CCS(=O)(=O)C1. The van der Waals surface area contributed by atoms with Crippen molar-refractivity contribution in [3.63, 3.8) is 0 Å². The zero-order valence-corrected chi connectivity index (χ0v) is 16.9. The molecule has 0 bridgehead atoms. The summed E-state index contributed by atoms with van der Waals surface area (Å²) in [4.78, 5) is 0. The van der Waals surface area contributed by atoms with Crippen LogP contribution in [-0.2, 0) is 22.6 Å². The third-order valence-corrected chi connectivity index (χ3v) is 7.57. The minimum atomic E-state index is -2.95. The first-order chi connectivity index (χ1) is 12.9. The molecule has 3 aromatic rings. The molecule has 1 saturated heterocycles. The van der Waals surface area contributed by atoms with Gasteiger partial charge in [0.25, 0.3) is 0 Å². The van der Waals surface area contributed by atoms with Crippen molar-refractivity contribution in [2.75, 3.05) is 11.5 Å². The van der Waals surface area contributed by atoms with Crippen molar-refractivity contribution in [1.29, 1.82) is 0 Å². The smallest absolute Gasteiger partial charge is 0.191 e. The van der Waals surface area contributed by atoms with Gasteiger partial charge >= 0.3 is 0 Å². The van der Waals surface area contributed by atoms with Crippen LogP contribution in [0.4, 0.5) is 0 Å². The van der Waals surface area contributed by atoms with Crippen molar-refractivity contribution in [1.82, 2.24) is 19.9 Å². The maximum atomic E-state index is 11.7. The Labute approximate surface area is 166 Å². The third kappa shape index (κ3) is 4.04. The minimum absolute atomic E-state index is 0.0800. The predicted octanol–water partition coefficient (Wildman–Crippen LogP) is 3.32. The summed E-state index contributed by atoms with van der Waals surface area (Å²) in [6.45, 7) is 0. The molecule has 2 aromatic heterocycles. The summed E-state index contributed by atoms with van der Waals surface area (Å²) in [5.74, 6) is 2.28. The van der Waals surface area contributed by atoms with E-state index in [9.17, 15) is 8.42 Å². The molecule has 1 aliphatic rings. The summed E-state index contributed by atoms with van der Waals surface area (Å²) in [5, 5.41) is 13.9. The molecule has 1 aliphatic heterocycles. The fourth-order valence-electron chi connectivity index (χ4n) is 3.08. The molecule has 1 fully saturated rings. The lowest BCUT2D eigenvalue weighted by Crippen LogP contribution is -2.09. The van der Waals surface area contributed by atoms with Crippen LogP contribution in [0, 0.1) is 0 Å². The summed E-state index contributed by atoms with van der Waals surface area (Å²) in [5.41, 5.74) is 1.68. The number of hydrogen-bond acceptors (Lipinski definition) is 7. The Kier molecular flexibility index (Phi) is 5.00. The normalized spacial score (nSPS) is 18.8. The van der Waals surface area contributed by atoms with Crippen molar-refractivity contribution < 1.29 is 12.9 Å². The molecule has 0 radical (unpaired) electrons. The molecule has 3 heterocycles. The molecule has 0 aliphatic carbocycles. The molecule has 0 saturated carbocycles. The number of halogens is 1. The van der Waals surface area contributed by atoms with E-state index in [2.05, 4.69) is 15.4 Å². The van der Waals surface area contributed by atoms with Gasteiger partial charge < -0.3 is 9.09 Å². The van der Waals surface area contributed by atoms with E-state index in [1.807, 2.05) is 41.9 Å². The van der Waals surface area contributed by atoms with E-state index >= 15 is 0 Å². The van der Waals surface area contributed by atoms with Gasteiger partial charge in [0, 0.05) is 29.6 Å². The van der Waals surface area contributed by atoms with Crippen molar-refractivity contribution in [2.24, 2.45) is 7.05 Å². The molecule has 1 unspecified atom stereocenters. The van der Waals surface area contributed by atoms with Crippen LogP contribution in [0.5, 0.6) is 0 Å². The first-order valence-electron chi connectivity index (χ1n) is 8.35. The molecule has 7 nitrogen and oxygen atoms in total. The van der Waals surface area contributed by atoms with Crippen molar-refractivity contribution in [3.8, 4) is 11.3 Å². The lowest BCUT2D eigenvalue weighted by atomic mass is 10.1. The monoisotopic (exact) mass is 424 g/mol. The Hall–Kier alpha value is -1.84. The van der Waals surface area contributed by atoms with Crippen LogP contribution in [0.2, 0.25) is 5.02 Å². The second kappa shape index (κ2) is 7.29. The molecule has 27 heavy (non-hydrogen) atoms. The largest absolute Gasteiger partial charge is 0.360 e. The third-order valence-electron chi connectivity index (χ3n) is 4.51. The van der Waals surface area contributed by atoms with Gasteiger partial charge in [0.15, 0.2) is 15.0 Å². The van der Waals surface area contributed by atoms with Gasteiger partial charge in [0.05, 0.1) is 17.3 Å². The van der Waals surface area contributed by atoms with Crippen molar-refractivity contribution in [2.45, 2.75) is 23.2 Å². The molecule has 1 atom stereocenters. The van der Waals surface area contributed by atoms with Crippen molar-refractivity contribution >= 4 is 33.2 Å². The lowest BCUT2D eigenvalue weighted by molar-refractivity contribution is 0.397. The number of rotatable bonds is 5. The van der Waals surface area contributed by atoms with Gasteiger partial charge in [-0.3, -0.25) is 0 Å². The van der Waals surface area contributed by atoms with Gasteiger partial charge in [0.2, 0.25) is 0 Å². The number of hydrogen-bond donors (Lipinski definition) is 0. The Morgan fingerprint density at radius 2 is 2.07 bits per heavy atom. The first-order valence-corrected chi connectivity index (χ1v) is 11.5. The number of sulfone groups is 1. The zero-order valence-electron chi connectivity index (χ0n) is 14.5. The lowest BCUT2D eigenvalue weighted by Gasteiger charge is -2.07. The molecular weight excluding hydrogens is 408 g/mol. The highest BCUT2D eigenvalue weighted by atomic mass is 35.5.